The number of nitrogens with zero attached hydrogens (tertiary/aromatic N) is 3. The fourth-order valence-corrected chi connectivity index (χ4v) is 2.06. The van der Waals surface area contributed by atoms with Gasteiger partial charge < -0.3 is 4.57 Å². The molecule has 0 unspecified atom stereocenters. The lowest BCUT2D eigenvalue weighted by molar-refractivity contribution is 0.617. The minimum absolute atomic E-state index is 0.442. The van der Waals surface area contributed by atoms with E-state index in [1.54, 1.807) is 18.1 Å². The van der Waals surface area contributed by atoms with Crippen molar-refractivity contribution in [3.8, 4) is 0 Å². The van der Waals surface area contributed by atoms with E-state index in [-0.39, 0.29) is 0 Å². The van der Waals surface area contributed by atoms with Gasteiger partial charge in [0.05, 0.1) is 5.39 Å². The van der Waals surface area contributed by atoms with E-state index in [0.717, 1.165) is 16.1 Å². The van der Waals surface area contributed by atoms with Crippen molar-refractivity contribution in [2.24, 2.45) is 0 Å². The Kier molecular flexibility index (Phi) is 2.46. The van der Waals surface area contributed by atoms with Gasteiger partial charge in [0, 0.05) is 12.2 Å². The lowest BCUT2D eigenvalue weighted by Crippen LogP contribution is -1.99. The molecule has 2 rings (SSSR count). The third-order valence-corrected chi connectivity index (χ3v) is 2.93. The van der Waals surface area contributed by atoms with Crippen molar-refractivity contribution in [3.63, 3.8) is 0 Å². The molecule has 2 heterocycles. The summed E-state index contributed by atoms with van der Waals surface area (Å²) in [7, 11) is 0. The molecule has 0 saturated heterocycles. The van der Waals surface area contributed by atoms with Crippen LogP contribution in [0.5, 0.6) is 0 Å². The number of fused-ring (bicyclic) bond motifs is 1. The van der Waals surface area contributed by atoms with Crippen molar-refractivity contribution in [2.75, 3.05) is 6.26 Å². The van der Waals surface area contributed by atoms with Gasteiger partial charge in [0.25, 0.3) is 0 Å². The molecule has 0 atom stereocenters. The first-order valence-corrected chi connectivity index (χ1v) is 5.82. The van der Waals surface area contributed by atoms with E-state index in [1.165, 1.54) is 0 Å². The molecule has 0 saturated carbocycles. The van der Waals surface area contributed by atoms with Gasteiger partial charge in [-0.05, 0) is 26.2 Å². The lowest BCUT2D eigenvalue weighted by atomic mass is 10.4. The highest BCUT2D eigenvalue weighted by molar-refractivity contribution is 7.98. The summed E-state index contributed by atoms with van der Waals surface area (Å²) in [5.41, 5.74) is 1.03. The highest BCUT2D eigenvalue weighted by atomic mass is 32.2. The SMILES string of the molecule is CSc1ncnc2c1ccn2C(C)C. The molecule has 0 spiro atoms. The van der Waals surface area contributed by atoms with Gasteiger partial charge in [0.2, 0.25) is 0 Å². The Morgan fingerprint density at radius 1 is 1.36 bits per heavy atom. The maximum atomic E-state index is 4.31. The molecule has 0 aliphatic rings. The van der Waals surface area contributed by atoms with Gasteiger partial charge in [-0.1, -0.05) is 0 Å². The van der Waals surface area contributed by atoms with Crippen LogP contribution in [0.2, 0.25) is 0 Å². The van der Waals surface area contributed by atoms with Crippen LogP contribution in [-0.4, -0.2) is 20.8 Å². The standard InChI is InChI=1S/C10H13N3S/c1-7(2)13-5-4-8-9(13)11-6-12-10(8)14-3/h4-7H,1-3H3. The average Bonchev–Trinajstić information content (AvgIpc) is 2.60. The van der Waals surface area contributed by atoms with E-state index < -0.39 is 0 Å². The van der Waals surface area contributed by atoms with Crippen LogP contribution in [0.1, 0.15) is 19.9 Å². The van der Waals surface area contributed by atoms with Gasteiger partial charge in [-0.3, -0.25) is 0 Å². The van der Waals surface area contributed by atoms with Crippen LogP contribution in [0, 0.1) is 0 Å². The zero-order chi connectivity index (χ0) is 10.1. The van der Waals surface area contributed by atoms with E-state index in [4.69, 9.17) is 0 Å². The Balaban J connectivity index is 2.69. The summed E-state index contributed by atoms with van der Waals surface area (Å²) >= 11 is 1.66. The number of thioether (sulfide) groups is 1. The van der Waals surface area contributed by atoms with Gasteiger partial charge in [-0.2, -0.15) is 0 Å². The summed E-state index contributed by atoms with van der Waals surface area (Å²) in [6.07, 6.45) is 5.74. The summed E-state index contributed by atoms with van der Waals surface area (Å²) < 4.78 is 2.16. The van der Waals surface area contributed by atoms with E-state index in [9.17, 15) is 0 Å². The average molecular weight is 207 g/mol. The summed E-state index contributed by atoms with van der Waals surface area (Å²) in [6.45, 7) is 4.31. The quantitative estimate of drug-likeness (QED) is 0.560. The van der Waals surface area contributed by atoms with Crippen molar-refractivity contribution < 1.29 is 0 Å². The number of hydrogen-bond donors (Lipinski definition) is 0. The molecule has 14 heavy (non-hydrogen) atoms. The molecule has 0 bridgehead atoms. The minimum Gasteiger partial charge on any atom is -0.330 e. The molecule has 0 amide bonds. The van der Waals surface area contributed by atoms with Gasteiger partial charge >= 0.3 is 0 Å². The van der Waals surface area contributed by atoms with Crippen molar-refractivity contribution in [3.05, 3.63) is 18.6 Å². The maximum Gasteiger partial charge on any atom is 0.144 e. The summed E-state index contributed by atoms with van der Waals surface area (Å²) in [4.78, 5) is 8.55. The zero-order valence-corrected chi connectivity index (χ0v) is 9.38. The zero-order valence-electron chi connectivity index (χ0n) is 8.56. The second-order valence-corrected chi connectivity index (χ2v) is 4.23. The van der Waals surface area contributed by atoms with Crippen molar-refractivity contribution >= 4 is 22.8 Å². The van der Waals surface area contributed by atoms with Crippen LogP contribution < -0.4 is 0 Å². The van der Waals surface area contributed by atoms with Crippen LogP contribution in [0.3, 0.4) is 0 Å². The molecular formula is C10H13N3S. The van der Waals surface area contributed by atoms with Gasteiger partial charge in [0.1, 0.15) is 17.0 Å². The predicted octanol–water partition coefficient (Wildman–Crippen LogP) is 2.73. The Morgan fingerprint density at radius 2 is 2.14 bits per heavy atom. The molecule has 0 N–H and O–H groups in total. The second kappa shape index (κ2) is 3.61. The van der Waals surface area contributed by atoms with E-state index in [2.05, 4.69) is 40.6 Å². The molecule has 3 nitrogen and oxygen atoms in total. The van der Waals surface area contributed by atoms with Crippen LogP contribution in [-0.2, 0) is 0 Å². The fraction of sp³-hybridized carbons (Fsp3) is 0.400. The molecule has 0 aliphatic heterocycles. The smallest absolute Gasteiger partial charge is 0.144 e. The molecular weight excluding hydrogens is 194 g/mol. The maximum absolute atomic E-state index is 4.31. The number of hydrogen-bond acceptors (Lipinski definition) is 3. The topological polar surface area (TPSA) is 30.7 Å². The van der Waals surface area contributed by atoms with Crippen molar-refractivity contribution in [1.29, 1.82) is 0 Å². The highest BCUT2D eigenvalue weighted by Crippen LogP contribution is 2.24. The molecule has 74 valence electrons. The largest absolute Gasteiger partial charge is 0.330 e. The summed E-state index contributed by atoms with van der Waals surface area (Å²) in [5, 5.41) is 2.20. The van der Waals surface area contributed by atoms with E-state index in [0.29, 0.717) is 6.04 Å². The van der Waals surface area contributed by atoms with Crippen molar-refractivity contribution in [1.82, 2.24) is 14.5 Å². The van der Waals surface area contributed by atoms with Crippen molar-refractivity contribution in [2.45, 2.75) is 24.9 Å². The third-order valence-electron chi connectivity index (χ3n) is 2.22. The fourth-order valence-electron chi connectivity index (χ4n) is 1.53. The molecule has 0 aromatic carbocycles. The molecule has 0 radical (unpaired) electrons. The van der Waals surface area contributed by atoms with Gasteiger partial charge in [-0.25, -0.2) is 9.97 Å². The Labute approximate surface area is 87.6 Å². The highest BCUT2D eigenvalue weighted by Gasteiger charge is 2.08. The van der Waals surface area contributed by atoms with Gasteiger partial charge in [0.15, 0.2) is 0 Å². The molecule has 2 aromatic heterocycles. The Morgan fingerprint density at radius 3 is 2.79 bits per heavy atom. The molecule has 0 fully saturated rings. The van der Waals surface area contributed by atoms with Crippen LogP contribution >= 0.6 is 11.8 Å². The summed E-state index contributed by atoms with van der Waals surface area (Å²) in [6, 6.07) is 2.53. The second-order valence-electron chi connectivity index (χ2n) is 3.44. The predicted molar refractivity (Wildman–Crippen MR) is 59.7 cm³/mol. The Bertz CT molecular complexity index is 448. The third kappa shape index (κ3) is 1.39. The number of rotatable bonds is 2. The first-order chi connectivity index (χ1) is 6.74. The lowest BCUT2D eigenvalue weighted by Gasteiger charge is -2.08. The number of aromatic nitrogens is 3. The van der Waals surface area contributed by atoms with Crippen LogP contribution in [0.25, 0.3) is 11.0 Å². The molecule has 0 aliphatic carbocycles. The van der Waals surface area contributed by atoms with E-state index >= 15 is 0 Å². The monoisotopic (exact) mass is 207 g/mol. The first-order valence-electron chi connectivity index (χ1n) is 4.59. The van der Waals surface area contributed by atoms with Crippen LogP contribution in [0.4, 0.5) is 0 Å². The summed E-state index contributed by atoms with van der Waals surface area (Å²) in [5.74, 6) is 0. The minimum atomic E-state index is 0.442. The molecule has 4 heteroatoms. The first kappa shape index (κ1) is 9.52. The molecule has 2 aromatic rings. The van der Waals surface area contributed by atoms with Crippen LogP contribution in [0.15, 0.2) is 23.6 Å². The van der Waals surface area contributed by atoms with E-state index in [1.807, 2.05) is 6.26 Å². The normalized spacial score (nSPS) is 11.4. The van der Waals surface area contributed by atoms with Gasteiger partial charge in [-0.15, -0.1) is 11.8 Å². The Hall–Kier alpha value is -1.03.